The summed E-state index contributed by atoms with van der Waals surface area (Å²) < 4.78 is 11.2. The van der Waals surface area contributed by atoms with E-state index in [9.17, 15) is 0 Å². The molecule has 0 spiro atoms. The van der Waals surface area contributed by atoms with Crippen molar-refractivity contribution in [2.45, 2.75) is 51.7 Å². The van der Waals surface area contributed by atoms with Crippen LogP contribution >= 0.6 is 0 Å². The molecule has 0 aromatic heterocycles. The third-order valence-corrected chi connectivity index (χ3v) is 4.58. The molecule has 0 aromatic rings. The molecule has 2 fully saturated rings. The molecule has 2 aliphatic rings. The normalized spacial score (nSPS) is 25.9. The Kier molecular flexibility index (Phi) is 8.71. The van der Waals surface area contributed by atoms with Crippen molar-refractivity contribution in [1.82, 2.24) is 15.5 Å². The van der Waals surface area contributed by atoms with Crippen LogP contribution in [0, 0.1) is 0 Å². The van der Waals surface area contributed by atoms with Gasteiger partial charge < -0.3 is 20.1 Å². The van der Waals surface area contributed by atoms with E-state index in [1.807, 2.05) is 0 Å². The van der Waals surface area contributed by atoms with Crippen molar-refractivity contribution < 1.29 is 9.47 Å². The van der Waals surface area contributed by atoms with E-state index in [-0.39, 0.29) is 0 Å². The third kappa shape index (κ3) is 6.65. The first-order valence-corrected chi connectivity index (χ1v) is 9.29. The molecular formula is C17H34N4O2. The van der Waals surface area contributed by atoms with Crippen LogP contribution < -0.4 is 10.6 Å². The number of nitrogens with one attached hydrogen (secondary N) is 2. The lowest BCUT2D eigenvalue weighted by molar-refractivity contribution is 0.0191. The monoisotopic (exact) mass is 326 g/mol. The van der Waals surface area contributed by atoms with Crippen molar-refractivity contribution in [3.05, 3.63) is 0 Å². The van der Waals surface area contributed by atoms with Crippen LogP contribution in [0.25, 0.3) is 0 Å². The minimum absolute atomic E-state index is 0.305. The first-order chi connectivity index (χ1) is 11.3. The molecule has 2 heterocycles. The van der Waals surface area contributed by atoms with Crippen LogP contribution in [0.1, 0.15) is 39.5 Å². The van der Waals surface area contributed by atoms with Gasteiger partial charge >= 0.3 is 0 Å². The van der Waals surface area contributed by atoms with E-state index in [0.717, 1.165) is 45.2 Å². The first kappa shape index (κ1) is 18.5. The molecule has 6 heteroatoms. The summed E-state index contributed by atoms with van der Waals surface area (Å²) in [7, 11) is 0. The zero-order chi connectivity index (χ0) is 16.3. The highest BCUT2D eigenvalue weighted by Gasteiger charge is 2.22. The summed E-state index contributed by atoms with van der Waals surface area (Å²) in [5, 5.41) is 6.67. The number of likely N-dealkylation sites (N-methyl/N-ethyl adjacent to an activating group) is 1. The van der Waals surface area contributed by atoms with Crippen LogP contribution in [0.15, 0.2) is 4.99 Å². The van der Waals surface area contributed by atoms with Crippen molar-refractivity contribution in [3.63, 3.8) is 0 Å². The fraction of sp³-hybridized carbons (Fsp3) is 0.941. The van der Waals surface area contributed by atoms with Crippen LogP contribution in [-0.2, 0) is 9.47 Å². The fourth-order valence-electron chi connectivity index (χ4n) is 3.29. The maximum Gasteiger partial charge on any atom is 0.191 e. The summed E-state index contributed by atoms with van der Waals surface area (Å²) in [4.78, 5) is 7.27. The SMILES string of the molecule is CCNC(=NCC1CCCN1CC)NCCOCC1CCCO1. The Labute approximate surface area is 141 Å². The summed E-state index contributed by atoms with van der Waals surface area (Å²) in [6.45, 7) is 11.5. The lowest BCUT2D eigenvalue weighted by Crippen LogP contribution is -2.40. The second-order valence-corrected chi connectivity index (χ2v) is 6.28. The molecule has 2 atom stereocenters. The summed E-state index contributed by atoms with van der Waals surface area (Å²) in [5.74, 6) is 0.899. The zero-order valence-corrected chi connectivity index (χ0v) is 14.9. The van der Waals surface area contributed by atoms with Gasteiger partial charge in [-0.15, -0.1) is 0 Å². The summed E-state index contributed by atoms with van der Waals surface area (Å²) in [6.07, 6.45) is 5.17. The molecule has 134 valence electrons. The van der Waals surface area contributed by atoms with E-state index >= 15 is 0 Å². The Bertz CT molecular complexity index is 345. The zero-order valence-electron chi connectivity index (χ0n) is 14.9. The maximum atomic E-state index is 5.68. The average molecular weight is 326 g/mol. The largest absolute Gasteiger partial charge is 0.377 e. The molecule has 0 radical (unpaired) electrons. The molecular weight excluding hydrogens is 292 g/mol. The average Bonchev–Trinajstić information content (AvgIpc) is 3.23. The van der Waals surface area contributed by atoms with E-state index in [1.165, 1.54) is 25.8 Å². The number of nitrogens with zero attached hydrogens (tertiary/aromatic N) is 2. The molecule has 0 saturated carbocycles. The number of hydrogen-bond donors (Lipinski definition) is 2. The van der Waals surface area contributed by atoms with E-state index in [4.69, 9.17) is 14.5 Å². The minimum atomic E-state index is 0.305. The van der Waals surface area contributed by atoms with Crippen LogP contribution in [0.4, 0.5) is 0 Å². The summed E-state index contributed by atoms with van der Waals surface area (Å²) in [6, 6.07) is 0.603. The Morgan fingerprint density at radius 1 is 1.26 bits per heavy atom. The number of ether oxygens (including phenoxy) is 2. The predicted molar refractivity (Wildman–Crippen MR) is 94.0 cm³/mol. The molecule has 0 aromatic carbocycles. The lowest BCUT2D eigenvalue weighted by Gasteiger charge is -2.21. The second kappa shape index (κ2) is 10.8. The van der Waals surface area contributed by atoms with Crippen molar-refractivity contribution in [1.29, 1.82) is 0 Å². The van der Waals surface area contributed by atoms with Gasteiger partial charge in [-0.25, -0.2) is 0 Å². The highest BCUT2D eigenvalue weighted by Crippen LogP contribution is 2.16. The molecule has 0 amide bonds. The Morgan fingerprint density at radius 3 is 2.91 bits per heavy atom. The first-order valence-electron chi connectivity index (χ1n) is 9.29. The van der Waals surface area contributed by atoms with Crippen LogP contribution in [0.2, 0.25) is 0 Å². The summed E-state index contributed by atoms with van der Waals surface area (Å²) in [5.41, 5.74) is 0. The van der Waals surface area contributed by atoms with Crippen molar-refractivity contribution in [2.24, 2.45) is 4.99 Å². The number of hydrogen-bond acceptors (Lipinski definition) is 4. The third-order valence-electron chi connectivity index (χ3n) is 4.58. The predicted octanol–water partition coefficient (Wildman–Crippen LogP) is 1.22. The molecule has 2 unspecified atom stereocenters. The van der Waals surface area contributed by atoms with E-state index in [1.54, 1.807) is 0 Å². The minimum Gasteiger partial charge on any atom is -0.377 e. The van der Waals surface area contributed by atoms with Gasteiger partial charge in [-0.3, -0.25) is 9.89 Å². The molecule has 0 aliphatic carbocycles. The van der Waals surface area contributed by atoms with Gasteiger partial charge in [0.05, 0.1) is 25.9 Å². The maximum absolute atomic E-state index is 5.68. The van der Waals surface area contributed by atoms with Gasteiger partial charge in [0.2, 0.25) is 0 Å². The van der Waals surface area contributed by atoms with Gasteiger partial charge in [0.15, 0.2) is 5.96 Å². The molecule has 2 aliphatic heterocycles. The van der Waals surface area contributed by atoms with E-state index in [0.29, 0.717) is 25.4 Å². The van der Waals surface area contributed by atoms with Gasteiger partial charge in [0.25, 0.3) is 0 Å². The summed E-state index contributed by atoms with van der Waals surface area (Å²) >= 11 is 0. The van der Waals surface area contributed by atoms with Gasteiger partial charge in [0.1, 0.15) is 0 Å². The van der Waals surface area contributed by atoms with Crippen LogP contribution in [-0.4, -0.2) is 75.5 Å². The quantitative estimate of drug-likeness (QED) is 0.379. The van der Waals surface area contributed by atoms with Gasteiger partial charge in [-0.1, -0.05) is 6.92 Å². The topological polar surface area (TPSA) is 58.1 Å². The van der Waals surface area contributed by atoms with Gasteiger partial charge in [-0.2, -0.15) is 0 Å². The molecule has 2 rings (SSSR count). The van der Waals surface area contributed by atoms with Gasteiger partial charge in [-0.05, 0) is 45.7 Å². The molecule has 23 heavy (non-hydrogen) atoms. The van der Waals surface area contributed by atoms with E-state index < -0.39 is 0 Å². The molecule has 6 nitrogen and oxygen atoms in total. The van der Waals surface area contributed by atoms with E-state index in [2.05, 4.69) is 29.4 Å². The van der Waals surface area contributed by atoms with Gasteiger partial charge in [0, 0.05) is 25.7 Å². The highest BCUT2D eigenvalue weighted by molar-refractivity contribution is 5.79. The number of likely N-dealkylation sites (tertiary alicyclic amines) is 1. The standard InChI is InChI=1S/C17H34N4O2/c1-3-18-17(20-13-15-7-5-10-21(15)4-2)19-9-12-22-14-16-8-6-11-23-16/h15-16H,3-14H2,1-2H3,(H2,18,19,20). The number of rotatable bonds is 9. The van der Waals surface area contributed by atoms with Crippen molar-refractivity contribution >= 4 is 5.96 Å². The second-order valence-electron chi connectivity index (χ2n) is 6.28. The van der Waals surface area contributed by atoms with Crippen LogP contribution in [0.3, 0.4) is 0 Å². The number of guanidine groups is 1. The Morgan fingerprint density at radius 2 is 2.17 bits per heavy atom. The lowest BCUT2D eigenvalue weighted by atomic mass is 10.2. The fourth-order valence-corrected chi connectivity index (χ4v) is 3.29. The highest BCUT2D eigenvalue weighted by atomic mass is 16.5. The van der Waals surface area contributed by atoms with Crippen molar-refractivity contribution in [2.75, 3.05) is 52.5 Å². The molecule has 2 saturated heterocycles. The smallest absolute Gasteiger partial charge is 0.191 e. The Balaban J connectivity index is 1.62. The van der Waals surface area contributed by atoms with Crippen molar-refractivity contribution in [3.8, 4) is 0 Å². The molecule has 2 N–H and O–H groups in total. The molecule has 0 bridgehead atoms. The Hall–Kier alpha value is -0.850. The number of aliphatic imine (C=N–C) groups is 1. The van der Waals surface area contributed by atoms with Crippen LogP contribution in [0.5, 0.6) is 0 Å².